The molecule has 1 N–H and O–H groups in total. The smallest absolute Gasteiger partial charge is 0.124 e. The monoisotopic (exact) mass is 238 g/mol. The molecule has 2 aromatic rings. The van der Waals surface area contributed by atoms with Crippen LogP contribution in [0.5, 0.6) is 0 Å². The first-order chi connectivity index (χ1) is 7.80. The summed E-state index contributed by atoms with van der Waals surface area (Å²) in [6, 6.07) is 6.22. The second-order valence-corrected chi connectivity index (χ2v) is 3.98. The lowest BCUT2D eigenvalue weighted by Gasteiger charge is -2.04. The molecule has 4 heteroatoms. The number of hydrogen-bond acceptors (Lipinski definition) is 2. The van der Waals surface area contributed by atoms with Crippen LogP contribution in [0.15, 0.2) is 18.2 Å². The van der Waals surface area contributed by atoms with Crippen LogP contribution in [-0.4, -0.2) is 21.3 Å². The third kappa shape index (κ3) is 1.93. The van der Waals surface area contributed by atoms with Gasteiger partial charge >= 0.3 is 0 Å². The molecule has 0 radical (unpaired) electrons. The molecule has 0 unspecified atom stereocenters. The molecule has 0 aliphatic rings. The van der Waals surface area contributed by atoms with Crippen molar-refractivity contribution in [3.8, 4) is 0 Å². The maximum atomic E-state index is 9.03. The maximum absolute atomic E-state index is 9.03. The average molecular weight is 239 g/mol. The van der Waals surface area contributed by atoms with E-state index >= 15 is 0 Å². The second kappa shape index (κ2) is 4.85. The topological polar surface area (TPSA) is 38.0 Å². The molecular weight excluding hydrogens is 224 g/mol. The number of benzene rings is 1. The van der Waals surface area contributed by atoms with E-state index < -0.39 is 0 Å². The summed E-state index contributed by atoms with van der Waals surface area (Å²) >= 11 is 5.85. The van der Waals surface area contributed by atoms with Gasteiger partial charge in [-0.1, -0.05) is 13.0 Å². The molecule has 3 nitrogen and oxygen atoms in total. The summed E-state index contributed by atoms with van der Waals surface area (Å²) < 4.78 is 1.97. The van der Waals surface area contributed by atoms with E-state index in [9.17, 15) is 0 Å². The average Bonchev–Trinajstić information content (AvgIpc) is 2.67. The molecule has 0 saturated carbocycles. The lowest BCUT2D eigenvalue weighted by molar-refractivity contribution is 0.276. The van der Waals surface area contributed by atoms with Crippen molar-refractivity contribution in [1.29, 1.82) is 0 Å². The SMILES string of the molecule is CCc1ccc2c(c1)nc(CCl)n2CCO. The van der Waals surface area contributed by atoms with E-state index in [2.05, 4.69) is 24.0 Å². The Labute approximate surface area is 99.7 Å². The van der Waals surface area contributed by atoms with Crippen molar-refractivity contribution in [2.45, 2.75) is 25.8 Å². The highest BCUT2D eigenvalue weighted by Crippen LogP contribution is 2.19. The molecule has 0 aliphatic carbocycles. The van der Waals surface area contributed by atoms with Crippen LogP contribution in [0.25, 0.3) is 11.0 Å². The summed E-state index contributed by atoms with van der Waals surface area (Å²) in [5.74, 6) is 1.19. The van der Waals surface area contributed by atoms with Crippen molar-refractivity contribution < 1.29 is 5.11 Å². The van der Waals surface area contributed by atoms with Gasteiger partial charge in [-0.3, -0.25) is 0 Å². The quantitative estimate of drug-likeness (QED) is 0.831. The van der Waals surface area contributed by atoms with Crippen molar-refractivity contribution in [3.63, 3.8) is 0 Å². The van der Waals surface area contributed by atoms with E-state index in [1.54, 1.807) is 0 Å². The maximum Gasteiger partial charge on any atom is 0.124 e. The van der Waals surface area contributed by atoms with Crippen LogP contribution in [0.2, 0.25) is 0 Å². The Hall–Kier alpha value is -1.06. The van der Waals surface area contributed by atoms with Gasteiger partial charge in [0.25, 0.3) is 0 Å². The van der Waals surface area contributed by atoms with Crippen molar-refractivity contribution in [2.75, 3.05) is 6.61 Å². The molecule has 0 spiro atoms. The summed E-state index contributed by atoms with van der Waals surface area (Å²) in [6.45, 7) is 2.77. The Morgan fingerprint density at radius 2 is 2.25 bits per heavy atom. The third-order valence-electron chi connectivity index (χ3n) is 2.74. The lowest BCUT2D eigenvalue weighted by atomic mass is 10.1. The molecule has 0 atom stereocenters. The number of aliphatic hydroxyl groups excluding tert-OH is 1. The van der Waals surface area contributed by atoms with E-state index in [0.717, 1.165) is 23.3 Å². The van der Waals surface area contributed by atoms with Crippen LogP contribution in [0.3, 0.4) is 0 Å². The van der Waals surface area contributed by atoms with Crippen LogP contribution >= 0.6 is 11.6 Å². The number of aliphatic hydroxyl groups is 1. The van der Waals surface area contributed by atoms with Gasteiger partial charge in [-0.15, -0.1) is 11.6 Å². The summed E-state index contributed by atoms with van der Waals surface area (Å²) in [7, 11) is 0. The molecule has 0 saturated heterocycles. The Kier molecular flexibility index (Phi) is 3.46. The fourth-order valence-corrected chi connectivity index (χ4v) is 2.10. The van der Waals surface area contributed by atoms with Crippen molar-refractivity contribution in [2.24, 2.45) is 0 Å². The fourth-order valence-electron chi connectivity index (χ4n) is 1.90. The van der Waals surface area contributed by atoms with Crippen LogP contribution in [-0.2, 0) is 18.8 Å². The first-order valence-corrected chi connectivity index (χ1v) is 5.98. The minimum atomic E-state index is 0.102. The molecule has 1 heterocycles. The van der Waals surface area contributed by atoms with E-state index in [1.165, 1.54) is 5.56 Å². The van der Waals surface area contributed by atoms with Gasteiger partial charge in [0, 0.05) is 6.54 Å². The van der Waals surface area contributed by atoms with Gasteiger partial charge in [-0.2, -0.15) is 0 Å². The number of aromatic nitrogens is 2. The number of hydrogen-bond donors (Lipinski definition) is 1. The molecule has 0 fully saturated rings. The largest absolute Gasteiger partial charge is 0.395 e. The van der Waals surface area contributed by atoms with Crippen molar-refractivity contribution >= 4 is 22.6 Å². The Morgan fingerprint density at radius 3 is 2.88 bits per heavy atom. The highest BCUT2D eigenvalue weighted by atomic mass is 35.5. The number of aryl methyl sites for hydroxylation is 1. The molecular formula is C12H15ClN2O. The number of fused-ring (bicyclic) bond motifs is 1. The zero-order chi connectivity index (χ0) is 11.5. The Balaban J connectivity index is 2.58. The molecule has 0 amide bonds. The standard InChI is InChI=1S/C12H15ClN2O/c1-2-9-3-4-11-10(7-9)14-12(8-13)15(11)5-6-16/h3-4,7,16H,2,5-6,8H2,1H3. The molecule has 0 aliphatic heterocycles. The first kappa shape index (κ1) is 11.4. The Morgan fingerprint density at radius 1 is 1.44 bits per heavy atom. The van der Waals surface area contributed by atoms with E-state index in [-0.39, 0.29) is 6.61 Å². The van der Waals surface area contributed by atoms with E-state index in [1.807, 2.05) is 10.6 Å². The van der Waals surface area contributed by atoms with Crippen LogP contribution in [0.1, 0.15) is 18.3 Å². The van der Waals surface area contributed by atoms with Gasteiger partial charge in [-0.05, 0) is 24.1 Å². The molecule has 16 heavy (non-hydrogen) atoms. The molecule has 0 bridgehead atoms. The van der Waals surface area contributed by atoms with Gasteiger partial charge in [-0.25, -0.2) is 4.98 Å². The van der Waals surface area contributed by atoms with E-state index in [0.29, 0.717) is 12.4 Å². The zero-order valence-electron chi connectivity index (χ0n) is 9.28. The summed E-state index contributed by atoms with van der Waals surface area (Å²) in [4.78, 5) is 4.48. The predicted octanol–water partition coefficient (Wildman–Crippen LogP) is 2.33. The first-order valence-electron chi connectivity index (χ1n) is 5.45. The van der Waals surface area contributed by atoms with Gasteiger partial charge in [0.1, 0.15) is 5.82 Å². The minimum absolute atomic E-state index is 0.102. The molecule has 2 rings (SSSR count). The van der Waals surface area contributed by atoms with E-state index in [4.69, 9.17) is 16.7 Å². The number of nitrogens with zero attached hydrogens (tertiary/aromatic N) is 2. The minimum Gasteiger partial charge on any atom is -0.395 e. The molecule has 1 aromatic heterocycles. The normalized spacial score (nSPS) is 11.2. The van der Waals surface area contributed by atoms with Crippen molar-refractivity contribution in [3.05, 3.63) is 29.6 Å². The number of alkyl halides is 1. The Bertz CT molecular complexity index is 493. The molecule has 1 aromatic carbocycles. The summed E-state index contributed by atoms with van der Waals surface area (Å²) in [6.07, 6.45) is 0.999. The predicted molar refractivity (Wildman–Crippen MR) is 65.8 cm³/mol. The van der Waals surface area contributed by atoms with Gasteiger partial charge < -0.3 is 9.67 Å². The zero-order valence-corrected chi connectivity index (χ0v) is 10.0. The molecule has 86 valence electrons. The number of rotatable bonds is 4. The highest BCUT2D eigenvalue weighted by molar-refractivity contribution is 6.16. The summed E-state index contributed by atoms with van der Waals surface area (Å²) in [5, 5.41) is 9.03. The van der Waals surface area contributed by atoms with Crippen LogP contribution in [0.4, 0.5) is 0 Å². The van der Waals surface area contributed by atoms with Crippen LogP contribution in [0, 0.1) is 0 Å². The summed E-state index contributed by atoms with van der Waals surface area (Å²) in [5.41, 5.74) is 3.27. The lowest BCUT2D eigenvalue weighted by Crippen LogP contribution is -2.05. The number of halogens is 1. The van der Waals surface area contributed by atoms with Gasteiger partial charge in [0.05, 0.1) is 23.5 Å². The van der Waals surface area contributed by atoms with Crippen molar-refractivity contribution in [1.82, 2.24) is 9.55 Å². The van der Waals surface area contributed by atoms with Crippen LogP contribution < -0.4 is 0 Å². The van der Waals surface area contributed by atoms with Gasteiger partial charge in [0.2, 0.25) is 0 Å². The second-order valence-electron chi connectivity index (χ2n) is 3.71. The fraction of sp³-hybridized carbons (Fsp3) is 0.417. The highest BCUT2D eigenvalue weighted by Gasteiger charge is 2.09. The third-order valence-corrected chi connectivity index (χ3v) is 2.98. The van der Waals surface area contributed by atoms with Gasteiger partial charge in [0.15, 0.2) is 0 Å². The number of imidazole rings is 1.